The van der Waals surface area contributed by atoms with Crippen molar-refractivity contribution in [2.24, 2.45) is 0 Å². The maximum absolute atomic E-state index is 5.80. The van der Waals surface area contributed by atoms with Crippen LogP contribution in [0.5, 0.6) is 0 Å². The zero-order chi connectivity index (χ0) is 17.3. The van der Waals surface area contributed by atoms with E-state index in [2.05, 4.69) is 19.1 Å². The van der Waals surface area contributed by atoms with Gasteiger partial charge in [0.2, 0.25) is 0 Å². The van der Waals surface area contributed by atoms with Gasteiger partial charge in [0.05, 0.1) is 0 Å². The largest absolute Gasteiger partial charge is 0.399 e. The summed E-state index contributed by atoms with van der Waals surface area (Å²) < 4.78 is 0. The minimum Gasteiger partial charge on any atom is -0.399 e. The summed E-state index contributed by atoms with van der Waals surface area (Å²) in [7, 11) is 0. The molecule has 24 heavy (non-hydrogen) atoms. The molecule has 0 amide bonds. The van der Waals surface area contributed by atoms with Crippen molar-refractivity contribution in [3.8, 4) is 0 Å². The van der Waals surface area contributed by atoms with E-state index < -0.39 is 0 Å². The number of nitrogens with two attached hydrogens (primary N) is 1. The number of hydrogen-bond acceptors (Lipinski definition) is 2. The fraction of sp³-hybridized carbons (Fsp3) is 0.727. The van der Waals surface area contributed by atoms with Crippen molar-refractivity contribution in [3.05, 3.63) is 24.3 Å². The van der Waals surface area contributed by atoms with Crippen molar-refractivity contribution in [2.45, 2.75) is 102 Å². The number of anilines is 1. The SMILES string of the molecule is CCCCCCCCCCCCCCCCSc1cccc(N)c1. The lowest BCUT2D eigenvalue weighted by Crippen LogP contribution is -1.86. The molecule has 2 heteroatoms. The Morgan fingerprint density at radius 3 is 1.71 bits per heavy atom. The van der Waals surface area contributed by atoms with Crippen LogP contribution >= 0.6 is 11.8 Å². The van der Waals surface area contributed by atoms with Gasteiger partial charge in [-0.1, -0.05) is 96.5 Å². The second kappa shape index (κ2) is 15.9. The molecule has 0 fully saturated rings. The Hall–Kier alpha value is -0.630. The van der Waals surface area contributed by atoms with Crippen molar-refractivity contribution >= 4 is 17.4 Å². The molecule has 0 saturated carbocycles. The molecule has 1 nitrogen and oxygen atoms in total. The predicted octanol–water partition coefficient (Wildman–Crippen LogP) is 7.84. The molecule has 1 rings (SSSR count). The fourth-order valence-electron chi connectivity index (χ4n) is 3.09. The number of rotatable bonds is 16. The number of hydrogen-bond donors (Lipinski definition) is 1. The molecule has 1 aromatic carbocycles. The minimum absolute atomic E-state index is 0.876. The van der Waals surface area contributed by atoms with E-state index in [1.54, 1.807) is 0 Å². The molecule has 0 radical (unpaired) electrons. The standard InChI is InChI=1S/C22H39NS/c1-2-3-4-5-6-7-8-9-10-11-12-13-14-15-19-24-22-18-16-17-21(23)20-22/h16-18,20H,2-15,19,23H2,1H3. The number of thioether (sulfide) groups is 1. The van der Waals surface area contributed by atoms with Crippen LogP contribution in [0.2, 0.25) is 0 Å². The lowest BCUT2D eigenvalue weighted by molar-refractivity contribution is 0.538. The Bertz CT molecular complexity index is 391. The minimum atomic E-state index is 0.876. The van der Waals surface area contributed by atoms with Crippen LogP contribution in [-0.4, -0.2) is 5.75 Å². The van der Waals surface area contributed by atoms with Gasteiger partial charge in [0.15, 0.2) is 0 Å². The maximum atomic E-state index is 5.80. The van der Waals surface area contributed by atoms with Gasteiger partial charge in [0, 0.05) is 10.6 Å². The smallest absolute Gasteiger partial charge is 0.0325 e. The molecule has 0 bridgehead atoms. The summed E-state index contributed by atoms with van der Waals surface area (Å²) in [4.78, 5) is 1.31. The van der Waals surface area contributed by atoms with Gasteiger partial charge in [-0.15, -0.1) is 11.8 Å². The lowest BCUT2D eigenvalue weighted by Gasteiger charge is -2.04. The maximum Gasteiger partial charge on any atom is 0.0325 e. The molecule has 0 aliphatic carbocycles. The van der Waals surface area contributed by atoms with Gasteiger partial charge in [-0.2, -0.15) is 0 Å². The van der Waals surface area contributed by atoms with E-state index in [0.717, 1.165) is 5.69 Å². The van der Waals surface area contributed by atoms with Gasteiger partial charge in [-0.05, 0) is 30.4 Å². The molecule has 0 saturated heterocycles. The van der Waals surface area contributed by atoms with E-state index >= 15 is 0 Å². The predicted molar refractivity (Wildman–Crippen MR) is 112 cm³/mol. The van der Waals surface area contributed by atoms with Gasteiger partial charge in [-0.3, -0.25) is 0 Å². The summed E-state index contributed by atoms with van der Waals surface area (Å²) in [5.41, 5.74) is 6.68. The first-order valence-corrected chi connectivity index (χ1v) is 11.3. The quantitative estimate of drug-likeness (QED) is 0.187. The molecule has 0 heterocycles. The first-order valence-electron chi connectivity index (χ1n) is 10.3. The molecule has 0 aliphatic rings. The third kappa shape index (κ3) is 12.8. The van der Waals surface area contributed by atoms with Crippen LogP contribution < -0.4 is 5.73 Å². The van der Waals surface area contributed by atoms with Gasteiger partial charge in [0.25, 0.3) is 0 Å². The number of unbranched alkanes of at least 4 members (excludes halogenated alkanes) is 13. The highest BCUT2D eigenvalue weighted by Crippen LogP contribution is 2.22. The molecule has 0 aliphatic heterocycles. The third-order valence-corrected chi connectivity index (χ3v) is 5.70. The molecule has 138 valence electrons. The van der Waals surface area contributed by atoms with Crippen LogP contribution in [0.3, 0.4) is 0 Å². The molecule has 0 unspecified atom stereocenters. The van der Waals surface area contributed by atoms with E-state index in [-0.39, 0.29) is 0 Å². The highest BCUT2D eigenvalue weighted by molar-refractivity contribution is 7.99. The molecule has 0 atom stereocenters. The first-order chi connectivity index (χ1) is 11.8. The summed E-state index contributed by atoms with van der Waals surface area (Å²) >= 11 is 1.94. The van der Waals surface area contributed by atoms with E-state index in [1.165, 1.54) is 101 Å². The molecular formula is C22H39NS. The summed E-state index contributed by atoms with van der Waals surface area (Å²) in [5, 5.41) is 0. The van der Waals surface area contributed by atoms with Crippen molar-refractivity contribution in [1.29, 1.82) is 0 Å². The first kappa shape index (κ1) is 21.4. The van der Waals surface area contributed by atoms with Gasteiger partial charge in [-0.25, -0.2) is 0 Å². The van der Waals surface area contributed by atoms with Gasteiger partial charge < -0.3 is 5.73 Å². The molecule has 0 spiro atoms. The van der Waals surface area contributed by atoms with Crippen molar-refractivity contribution < 1.29 is 0 Å². The van der Waals surface area contributed by atoms with Crippen LogP contribution in [0.25, 0.3) is 0 Å². The van der Waals surface area contributed by atoms with E-state index in [9.17, 15) is 0 Å². The average molecular weight is 350 g/mol. The second-order valence-electron chi connectivity index (χ2n) is 7.02. The summed E-state index contributed by atoms with van der Waals surface area (Å²) in [6.07, 6.45) is 20.0. The number of benzene rings is 1. The van der Waals surface area contributed by atoms with Gasteiger partial charge >= 0.3 is 0 Å². The topological polar surface area (TPSA) is 26.0 Å². The van der Waals surface area contributed by atoms with Crippen molar-refractivity contribution in [1.82, 2.24) is 0 Å². The van der Waals surface area contributed by atoms with Crippen LogP contribution in [-0.2, 0) is 0 Å². The Morgan fingerprint density at radius 2 is 1.21 bits per heavy atom. The molecule has 2 N–H and O–H groups in total. The second-order valence-corrected chi connectivity index (χ2v) is 8.19. The monoisotopic (exact) mass is 349 g/mol. The van der Waals surface area contributed by atoms with Crippen LogP contribution in [0, 0.1) is 0 Å². The number of nitrogen functional groups attached to an aromatic ring is 1. The molecular weight excluding hydrogens is 310 g/mol. The van der Waals surface area contributed by atoms with Gasteiger partial charge in [0.1, 0.15) is 0 Å². The highest BCUT2D eigenvalue weighted by Gasteiger charge is 1.96. The molecule has 0 aromatic heterocycles. The fourth-order valence-corrected chi connectivity index (χ4v) is 4.07. The Balaban J connectivity index is 1.76. The normalized spacial score (nSPS) is 11.0. The zero-order valence-electron chi connectivity index (χ0n) is 15.9. The Morgan fingerprint density at radius 1 is 0.708 bits per heavy atom. The summed E-state index contributed by atoms with van der Waals surface area (Å²) in [6, 6.07) is 8.23. The van der Waals surface area contributed by atoms with Crippen LogP contribution in [0.4, 0.5) is 5.69 Å². The average Bonchev–Trinajstić information content (AvgIpc) is 2.58. The van der Waals surface area contributed by atoms with E-state index in [1.807, 2.05) is 23.9 Å². The van der Waals surface area contributed by atoms with E-state index in [0.29, 0.717) is 0 Å². The van der Waals surface area contributed by atoms with E-state index in [4.69, 9.17) is 5.73 Å². The third-order valence-electron chi connectivity index (χ3n) is 4.62. The molecule has 1 aromatic rings. The highest BCUT2D eigenvalue weighted by atomic mass is 32.2. The zero-order valence-corrected chi connectivity index (χ0v) is 16.7. The van der Waals surface area contributed by atoms with Crippen molar-refractivity contribution in [2.75, 3.05) is 11.5 Å². The Kier molecular flexibility index (Phi) is 14.2. The summed E-state index contributed by atoms with van der Waals surface area (Å²) in [6.45, 7) is 2.29. The van der Waals surface area contributed by atoms with Crippen LogP contribution in [0.1, 0.15) is 96.8 Å². The van der Waals surface area contributed by atoms with Crippen molar-refractivity contribution in [3.63, 3.8) is 0 Å². The van der Waals surface area contributed by atoms with Crippen LogP contribution in [0.15, 0.2) is 29.2 Å². The summed E-state index contributed by atoms with van der Waals surface area (Å²) in [5.74, 6) is 1.22. The lowest BCUT2D eigenvalue weighted by atomic mass is 10.0. The Labute approximate surface area is 155 Å².